The van der Waals surface area contributed by atoms with E-state index in [1.807, 2.05) is 19.9 Å². The first-order chi connectivity index (χ1) is 14.9. The molecule has 10 nitrogen and oxygen atoms in total. The summed E-state index contributed by atoms with van der Waals surface area (Å²) >= 11 is 0. The van der Waals surface area contributed by atoms with Crippen molar-refractivity contribution in [2.45, 2.75) is 58.7 Å². The highest BCUT2D eigenvalue weighted by Gasteiger charge is 2.28. The molecule has 0 saturated heterocycles. The molecule has 1 saturated carbocycles. The van der Waals surface area contributed by atoms with E-state index in [-0.39, 0.29) is 18.6 Å². The number of ether oxygens (including phenoxy) is 2. The summed E-state index contributed by atoms with van der Waals surface area (Å²) in [7, 11) is 1.73. The van der Waals surface area contributed by atoms with E-state index in [9.17, 15) is 14.7 Å². The smallest absolute Gasteiger partial charge is 0.407 e. The zero-order chi connectivity index (χ0) is 22.4. The van der Waals surface area contributed by atoms with E-state index >= 15 is 0 Å². The number of rotatable bonds is 8. The Labute approximate surface area is 181 Å². The summed E-state index contributed by atoms with van der Waals surface area (Å²) in [5, 5.41) is 20.1. The number of nitrogens with zero attached hydrogens (tertiary/aromatic N) is 4. The summed E-state index contributed by atoms with van der Waals surface area (Å²) in [4.78, 5) is 27.6. The number of pyridine rings is 1. The van der Waals surface area contributed by atoms with Crippen molar-refractivity contribution in [3.8, 4) is 17.1 Å². The van der Waals surface area contributed by atoms with Crippen molar-refractivity contribution >= 4 is 12.1 Å². The maximum atomic E-state index is 11.8. The number of amides is 1. The number of aromatic nitrogens is 4. The van der Waals surface area contributed by atoms with Crippen LogP contribution in [-0.2, 0) is 23.2 Å². The Morgan fingerprint density at radius 2 is 2.13 bits per heavy atom. The van der Waals surface area contributed by atoms with Crippen LogP contribution in [0.25, 0.3) is 11.4 Å². The number of carboxylic acid groups (broad SMARTS) is 1. The van der Waals surface area contributed by atoms with Gasteiger partial charge in [0, 0.05) is 13.6 Å². The van der Waals surface area contributed by atoms with Crippen LogP contribution in [-0.4, -0.2) is 49.8 Å². The van der Waals surface area contributed by atoms with Crippen molar-refractivity contribution < 1.29 is 24.2 Å². The molecule has 3 rings (SSSR count). The number of carbonyl (C=O) groups excluding carboxylic acids is 1. The highest BCUT2D eigenvalue weighted by atomic mass is 16.5. The summed E-state index contributed by atoms with van der Waals surface area (Å²) in [6, 6.07) is 3.60. The first-order valence-corrected chi connectivity index (χ1v) is 10.6. The molecule has 1 fully saturated rings. The molecule has 1 amide bonds. The quantitative estimate of drug-likeness (QED) is 0.653. The number of hydrogen-bond acceptors (Lipinski definition) is 7. The van der Waals surface area contributed by atoms with Crippen molar-refractivity contribution in [3.63, 3.8) is 0 Å². The van der Waals surface area contributed by atoms with Crippen LogP contribution in [0.3, 0.4) is 0 Å². The highest BCUT2D eigenvalue weighted by Crippen LogP contribution is 2.30. The Balaban J connectivity index is 1.70. The molecule has 2 N–H and O–H groups in total. The van der Waals surface area contributed by atoms with Gasteiger partial charge in [-0.25, -0.2) is 14.5 Å². The third-order valence-corrected chi connectivity index (χ3v) is 5.35. The molecule has 168 valence electrons. The van der Waals surface area contributed by atoms with Crippen LogP contribution in [0.2, 0.25) is 0 Å². The number of nitrogens with one attached hydrogen (secondary N) is 1. The molecule has 1 aliphatic carbocycles. The van der Waals surface area contributed by atoms with Gasteiger partial charge in [-0.1, -0.05) is 12.1 Å². The summed E-state index contributed by atoms with van der Waals surface area (Å²) in [6.45, 7) is 4.36. The van der Waals surface area contributed by atoms with Gasteiger partial charge in [0.05, 0.1) is 23.4 Å². The van der Waals surface area contributed by atoms with E-state index in [0.717, 1.165) is 19.3 Å². The zero-order valence-corrected chi connectivity index (χ0v) is 18.1. The van der Waals surface area contributed by atoms with E-state index in [0.29, 0.717) is 47.9 Å². The van der Waals surface area contributed by atoms with Crippen LogP contribution in [0.5, 0.6) is 5.75 Å². The van der Waals surface area contributed by atoms with Crippen molar-refractivity contribution in [2.75, 3.05) is 6.54 Å². The third-order valence-electron chi connectivity index (χ3n) is 5.35. The fourth-order valence-electron chi connectivity index (χ4n) is 3.61. The maximum absolute atomic E-state index is 11.8. The van der Waals surface area contributed by atoms with E-state index in [2.05, 4.69) is 20.6 Å². The molecule has 2 heterocycles. The second kappa shape index (κ2) is 10.2. The second-order valence-corrected chi connectivity index (χ2v) is 7.73. The monoisotopic (exact) mass is 431 g/mol. The van der Waals surface area contributed by atoms with E-state index in [4.69, 9.17) is 9.47 Å². The third kappa shape index (κ3) is 5.71. The lowest BCUT2D eigenvalue weighted by Gasteiger charge is -2.27. The zero-order valence-electron chi connectivity index (χ0n) is 18.1. The molecule has 31 heavy (non-hydrogen) atoms. The van der Waals surface area contributed by atoms with Crippen LogP contribution in [0, 0.1) is 12.8 Å². The summed E-state index contributed by atoms with van der Waals surface area (Å²) in [5.74, 6) is -0.498. The van der Waals surface area contributed by atoms with Gasteiger partial charge >= 0.3 is 12.1 Å². The molecular formula is C21H29N5O5. The van der Waals surface area contributed by atoms with Gasteiger partial charge in [-0.15, -0.1) is 5.10 Å². The van der Waals surface area contributed by atoms with Crippen LogP contribution >= 0.6 is 0 Å². The van der Waals surface area contributed by atoms with Gasteiger partial charge in [0.15, 0.2) is 0 Å². The van der Waals surface area contributed by atoms with Gasteiger partial charge in [-0.05, 0) is 51.2 Å². The number of aliphatic carboxylic acids is 1. The SMILES string of the molecule is CCCNC(=O)OCc1c(-c2ccc(O[C@H]3CCC[C@H](C(=O)O)C3)c(C)n2)nnn1C. The lowest BCUT2D eigenvalue weighted by Crippen LogP contribution is -2.29. The Bertz CT molecular complexity index is 929. The minimum absolute atomic E-state index is 0.0199. The lowest BCUT2D eigenvalue weighted by molar-refractivity contribution is -0.143. The summed E-state index contributed by atoms with van der Waals surface area (Å²) in [6.07, 6.45) is 3.06. The van der Waals surface area contributed by atoms with Gasteiger partial charge in [-0.2, -0.15) is 0 Å². The van der Waals surface area contributed by atoms with Gasteiger partial charge in [0.25, 0.3) is 0 Å². The average Bonchev–Trinajstić information content (AvgIpc) is 3.12. The molecule has 0 spiro atoms. The van der Waals surface area contributed by atoms with Crippen molar-refractivity contribution in [1.29, 1.82) is 0 Å². The number of hydrogen-bond donors (Lipinski definition) is 2. The molecule has 0 aromatic carbocycles. The van der Waals surface area contributed by atoms with Crippen LogP contribution in [0.15, 0.2) is 12.1 Å². The molecule has 1 aliphatic rings. The molecule has 0 unspecified atom stereocenters. The minimum Gasteiger partial charge on any atom is -0.489 e. The highest BCUT2D eigenvalue weighted by molar-refractivity contribution is 5.70. The Kier molecular flexibility index (Phi) is 7.43. The van der Waals surface area contributed by atoms with Gasteiger partial charge in [0.1, 0.15) is 23.7 Å². The normalized spacial score (nSPS) is 18.4. The first-order valence-electron chi connectivity index (χ1n) is 10.6. The van der Waals surface area contributed by atoms with Crippen LogP contribution < -0.4 is 10.1 Å². The van der Waals surface area contributed by atoms with E-state index < -0.39 is 12.1 Å². The molecular weight excluding hydrogens is 402 g/mol. The lowest BCUT2D eigenvalue weighted by atomic mass is 9.87. The number of carboxylic acids is 1. The fourth-order valence-corrected chi connectivity index (χ4v) is 3.61. The van der Waals surface area contributed by atoms with Gasteiger partial charge < -0.3 is 19.9 Å². The van der Waals surface area contributed by atoms with Crippen LogP contribution in [0.1, 0.15) is 50.4 Å². The predicted molar refractivity (Wildman–Crippen MR) is 111 cm³/mol. The predicted octanol–water partition coefficient (Wildman–Crippen LogP) is 2.84. The average molecular weight is 431 g/mol. The Morgan fingerprint density at radius 1 is 1.32 bits per heavy atom. The number of aryl methyl sites for hydroxylation is 2. The first kappa shape index (κ1) is 22.5. The molecule has 2 atom stereocenters. The minimum atomic E-state index is -0.765. The number of carbonyl (C=O) groups is 2. The molecule has 2 aromatic heterocycles. The summed E-state index contributed by atoms with van der Waals surface area (Å²) in [5.41, 5.74) is 2.43. The summed E-state index contributed by atoms with van der Waals surface area (Å²) < 4.78 is 12.9. The van der Waals surface area contributed by atoms with Gasteiger partial charge in [-0.3, -0.25) is 4.79 Å². The molecule has 0 aliphatic heterocycles. The molecule has 10 heteroatoms. The molecule has 0 radical (unpaired) electrons. The Hall–Kier alpha value is -3.17. The maximum Gasteiger partial charge on any atom is 0.407 e. The van der Waals surface area contributed by atoms with Gasteiger partial charge in [0.2, 0.25) is 0 Å². The number of alkyl carbamates (subject to hydrolysis) is 1. The second-order valence-electron chi connectivity index (χ2n) is 7.73. The largest absolute Gasteiger partial charge is 0.489 e. The van der Waals surface area contributed by atoms with E-state index in [1.165, 1.54) is 0 Å². The molecule has 0 bridgehead atoms. The topological polar surface area (TPSA) is 128 Å². The molecule has 2 aromatic rings. The van der Waals surface area contributed by atoms with Crippen molar-refractivity contribution in [1.82, 2.24) is 25.3 Å². The van der Waals surface area contributed by atoms with Crippen molar-refractivity contribution in [3.05, 3.63) is 23.5 Å². The van der Waals surface area contributed by atoms with E-state index in [1.54, 1.807) is 17.8 Å². The Morgan fingerprint density at radius 3 is 2.84 bits per heavy atom. The van der Waals surface area contributed by atoms with Crippen LogP contribution in [0.4, 0.5) is 4.79 Å². The van der Waals surface area contributed by atoms with Crippen molar-refractivity contribution in [2.24, 2.45) is 13.0 Å². The fraction of sp³-hybridized carbons (Fsp3) is 0.571. The standard InChI is InChI=1S/C21H29N5O5/c1-4-10-22-21(29)30-12-17-19(24-25-26(17)3)16-8-9-18(13(2)23-16)31-15-7-5-6-14(11-15)20(27)28/h8-9,14-15H,4-7,10-12H2,1-3H3,(H,22,29)(H,27,28)/t14-,15-/m0/s1.